The van der Waals surface area contributed by atoms with Crippen molar-refractivity contribution in [1.82, 2.24) is 0 Å². The van der Waals surface area contributed by atoms with Crippen LogP contribution in [0.1, 0.15) is 40.0 Å². The van der Waals surface area contributed by atoms with E-state index in [2.05, 4.69) is 13.5 Å². The molecule has 0 aromatic carbocycles. The fourth-order valence-corrected chi connectivity index (χ4v) is 0.522. The maximum atomic E-state index is 10.6. The van der Waals surface area contributed by atoms with Gasteiger partial charge in [0, 0.05) is 5.57 Å². The summed E-state index contributed by atoms with van der Waals surface area (Å²) >= 11 is 0. The fourth-order valence-electron chi connectivity index (χ4n) is 0.522. The van der Waals surface area contributed by atoms with Crippen molar-refractivity contribution in [3.05, 3.63) is 12.2 Å². The summed E-state index contributed by atoms with van der Waals surface area (Å²) < 4.78 is 4.71. The number of hydrogen-bond acceptors (Lipinski definition) is 3. The number of esters is 1. The Kier molecular flexibility index (Phi) is 13.6. The van der Waals surface area contributed by atoms with E-state index < -0.39 is 0 Å². The molecule has 3 heteroatoms. The molecular weight excluding hydrogens is 178 g/mol. The highest BCUT2D eigenvalue weighted by atomic mass is 16.5. The van der Waals surface area contributed by atoms with Crippen LogP contribution in [0.4, 0.5) is 0 Å². The number of carbonyl (C=O) groups excluding carboxylic acids is 1. The topological polar surface area (TPSA) is 52.3 Å². The summed E-state index contributed by atoms with van der Waals surface area (Å²) in [4.78, 5) is 10.6. The predicted molar refractivity (Wildman–Crippen MR) is 60.0 cm³/mol. The molecule has 0 bridgehead atoms. The van der Waals surface area contributed by atoms with Gasteiger partial charge >= 0.3 is 5.97 Å². The summed E-state index contributed by atoms with van der Waals surface area (Å²) in [5, 5.41) is 0. The molecule has 0 radical (unpaired) electrons. The lowest BCUT2D eigenvalue weighted by molar-refractivity contribution is -0.138. The minimum atomic E-state index is -0.295. The molecule has 0 aromatic rings. The van der Waals surface area contributed by atoms with Crippen LogP contribution in [0.25, 0.3) is 0 Å². The second-order valence-electron chi connectivity index (χ2n) is 3.06. The van der Waals surface area contributed by atoms with Gasteiger partial charge in [0.15, 0.2) is 0 Å². The predicted octanol–water partition coefficient (Wildman–Crippen LogP) is 2.26. The van der Waals surface area contributed by atoms with Gasteiger partial charge in [0.25, 0.3) is 0 Å². The molecule has 0 spiro atoms. The van der Waals surface area contributed by atoms with Crippen molar-refractivity contribution in [2.24, 2.45) is 5.73 Å². The Bertz CT molecular complexity index is 153. The average Bonchev–Trinajstić information content (AvgIpc) is 2.16. The number of nitrogens with two attached hydrogens (primary N) is 1. The van der Waals surface area contributed by atoms with E-state index in [1.165, 1.54) is 12.8 Å². The van der Waals surface area contributed by atoms with Gasteiger partial charge in [-0.3, -0.25) is 0 Å². The summed E-state index contributed by atoms with van der Waals surface area (Å²) in [6.07, 6.45) is 3.25. The molecule has 0 aliphatic carbocycles. The molecule has 0 amide bonds. The summed E-state index contributed by atoms with van der Waals surface area (Å²) in [6.45, 7) is 10.5. The van der Waals surface area contributed by atoms with Crippen molar-refractivity contribution in [3.8, 4) is 0 Å². The summed E-state index contributed by atoms with van der Waals surface area (Å²) in [5.74, 6) is -0.295. The Balaban J connectivity index is 0. The molecule has 0 saturated heterocycles. The first kappa shape index (κ1) is 15.6. The quantitative estimate of drug-likeness (QED) is 0.548. The van der Waals surface area contributed by atoms with Gasteiger partial charge < -0.3 is 10.5 Å². The third-order valence-electron chi connectivity index (χ3n) is 1.34. The van der Waals surface area contributed by atoms with E-state index in [-0.39, 0.29) is 5.97 Å². The number of ether oxygens (including phenoxy) is 1. The van der Waals surface area contributed by atoms with Gasteiger partial charge in [-0.05, 0) is 26.3 Å². The maximum absolute atomic E-state index is 10.6. The van der Waals surface area contributed by atoms with Crippen LogP contribution >= 0.6 is 0 Å². The highest BCUT2D eigenvalue weighted by Crippen LogP contribution is 1.91. The Morgan fingerprint density at radius 1 is 1.36 bits per heavy atom. The van der Waals surface area contributed by atoms with Crippen molar-refractivity contribution < 1.29 is 9.53 Å². The molecule has 2 N–H and O–H groups in total. The molecule has 0 saturated carbocycles. The highest BCUT2D eigenvalue weighted by Gasteiger charge is 1.99. The van der Waals surface area contributed by atoms with E-state index in [4.69, 9.17) is 10.5 Å². The van der Waals surface area contributed by atoms with Gasteiger partial charge in [0.2, 0.25) is 0 Å². The molecule has 84 valence electrons. The highest BCUT2D eigenvalue weighted by molar-refractivity contribution is 5.86. The van der Waals surface area contributed by atoms with Crippen LogP contribution in [0.3, 0.4) is 0 Å². The lowest BCUT2D eigenvalue weighted by atomic mass is 10.3. The minimum Gasteiger partial charge on any atom is -0.462 e. The Morgan fingerprint density at radius 2 is 1.93 bits per heavy atom. The van der Waals surface area contributed by atoms with E-state index >= 15 is 0 Å². The Labute approximate surface area is 87.3 Å². The van der Waals surface area contributed by atoms with E-state index in [1.54, 1.807) is 6.92 Å². The zero-order valence-corrected chi connectivity index (χ0v) is 9.64. The van der Waals surface area contributed by atoms with Crippen LogP contribution in [0.15, 0.2) is 12.2 Å². The van der Waals surface area contributed by atoms with Crippen molar-refractivity contribution >= 4 is 5.97 Å². The zero-order chi connectivity index (χ0) is 11.4. The largest absolute Gasteiger partial charge is 0.462 e. The molecule has 0 rings (SSSR count). The van der Waals surface area contributed by atoms with Crippen LogP contribution in [0, 0.1) is 0 Å². The molecule has 0 unspecified atom stereocenters. The third kappa shape index (κ3) is 13.7. The second kappa shape index (κ2) is 12.2. The molecule has 0 heterocycles. The molecule has 0 aromatic heterocycles. The van der Waals surface area contributed by atoms with Crippen molar-refractivity contribution in [1.29, 1.82) is 0 Å². The Hall–Kier alpha value is -0.830. The zero-order valence-electron chi connectivity index (χ0n) is 9.64. The van der Waals surface area contributed by atoms with Crippen LogP contribution in [-0.2, 0) is 9.53 Å². The van der Waals surface area contributed by atoms with E-state index in [9.17, 15) is 4.79 Å². The van der Waals surface area contributed by atoms with Crippen molar-refractivity contribution in [2.75, 3.05) is 13.2 Å². The molecule has 0 aliphatic rings. The number of carbonyl (C=O) groups is 1. The van der Waals surface area contributed by atoms with Gasteiger partial charge in [-0.2, -0.15) is 0 Å². The summed E-state index contributed by atoms with van der Waals surface area (Å²) in [6, 6.07) is 0. The number of hydrogen-bond donors (Lipinski definition) is 1. The molecule has 0 fully saturated rings. The first-order valence-electron chi connectivity index (χ1n) is 5.12. The van der Waals surface area contributed by atoms with Crippen LogP contribution in [0.2, 0.25) is 0 Å². The van der Waals surface area contributed by atoms with E-state index in [0.29, 0.717) is 12.2 Å². The number of rotatable bonds is 5. The van der Waals surface area contributed by atoms with Gasteiger partial charge in [0.05, 0.1) is 6.61 Å². The minimum absolute atomic E-state index is 0.295. The average molecular weight is 201 g/mol. The number of unbranched alkanes of at least 4 members (excludes halogenated alkanes) is 1. The van der Waals surface area contributed by atoms with E-state index in [1.807, 2.05) is 6.92 Å². The molecule has 3 nitrogen and oxygen atoms in total. The standard InChI is InChI=1S/C7H12O2.C4H11N/c1-4-5-9-7(8)6(2)3;1-2-3-4-5/h2,4-5H2,1,3H3;2-5H2,1H3. The van der Waals surface area contributed by atoms with Gasteiger partial charge in [-0.25, -0.2) is 4.79 Å². The van der Waals surface area contributed by atoms with Crippen molar-refractivity contribution in [2.45, 2.75) is 40.0 Å². The molecule has 14 heavy (non-hydrogen) atoms. The van der Waals surface area contributed by atoms with E-state index in [0.717, 1.165) is 13.0 Å². The first-order valence-corrected chi connectivity index (χ1v) is 5.12. The first-order chi connectivity index (χ1) is 6.59. The van der Waals surface area contributed by atoms with Gasteiger partial charge in [-0.15, -0.1) is 0 Å². The smallest absolute Gasteiger partial charge is 0.333 e. The lowest BCUT2D eigenvalue weighted by Crippen LogP contribution is -2.04. The third-order valence-corrected chi connectivity index (χ3v) is 1.34. The molecular formula is C11H23NO2. The molecule has 0 aliphatic heterocycles. The van der Waals surface area contributed by atoms with Crippen molar-refractivity contribution in [3.63, 3.8) is 0 Å². The second-order valence-corrected chi connectivity index (χ2v) is 3.06. The maximum Gasteiger partial charge on any atom is 0.333 e. The van der Waals surface area contributed by atoms with Gasteiger partial charge in [0.1, 0.15) is 0 Å². The summed E-state index contributed by atoms with van der Waals surface area (Å²) in [7, 11) is 0. The Morgan fingerprint density at radius 3 is 2.14 bits per heavy atom. The normalized spacial score (nSPS) is 8.57. The molecule has 0 atom stereocenters. The van der Waals surface area contributed by atoms with Crippen LogP contribution in [0.5, 0.6) is 0 Å². The van der Waals surface area contributed by atoms with Crippen LogP contribution in [-0.4, -0.2) is 19.1 Å². The fraction of sp³-hybridized carbons (Fsp3) is 0.727. The lowest BCUT2D eigenvalue weighted by Gasteiger charge is -1.99. The monoisotopic (exact) mass is 201 g/mol. The SMILES string of the molecule is C=C(C)C(=O)OCCC.CCCCN. The summed E-state index contributed by atoms with van der Waals surface area (Å²) in [5.41, 5.74) is 5.60. The van der Waals surface area contributed by atoms with Gasteiger partial charge in [-0.1, -0.05) is 26.8 Å². The van der Waals surface area contributed by atoms with Crippen LogP contribution < -0.4 is 5.73 Å².